The largest absolute Gasteiger partial charge is 0.480 e. The topological polar surface area (TPSA) is 55.6 Å². The van der Waals surface area contributed by atoms with Crippen LogP contribution in [-0.2, 0) is 11.2 Å². The molecule has 0 spiro atoms. The number of para-hydroxylation sites is 1. The Hall–Kier alpha value is -1.55. The van der Waals surface area contributed by atoms with Crippen LogP contribution in [-0.4, -0.2) is 36.5 Å². The molecule has 2 rings (SSSR count). The van der Waals surface area contributed by atoms with Gasteiger partial charge in [-0.05, 0) is 31.5 Å². The highest BCUT2D eigenvalue weighted by molar-refractivity contribution is 5.82. The lowest BCUT2D eigenvalue weighted by atomic mass is 10.1. The zero-order valence-electron chi connectivity index (χ0n) is 10.8. The maximum absolute atomic E-state index is 12.3. The molecule has 2 N–H and O–H groups in total. The van der Waals surface area contributed by atoms with Crippen LogP contribution < -0.4 is 10.5 Å². The molecule has 0 bridgehead atoms. The van der Waals surface area contributed by atoms with E-state index in [2.05, 4.69) is 0 Å². The average Bonchev–Trinajstić information content (AvgIpc) is 2.83. The van der Waals surface area contributed by atoms with Gasteiger partial charge in [-0.3, -0.25) is 4.79 Å². The van der Waals surface area contributed by atoms with Crippen molar-refractivity contribution in [2.75, 3.05) is 19.6 Å². The number of nitrogens with zero attached hydrogens (tertiary/aromatic N) is 1. The average molecular weight is 248 g/mol. The van der Waals surface area contributed by atoms with Crippen LogP contribution in [0.4, 0.5) is 0 Å². The number of amides is 1. The first-order chi connectivity index (χ1) is 8.76. The van der Waals surface area contributed by atoms with E-state index < -0.39 is 0 Å². The summed E-state index contributed by atoms with van der Waals surface area (Å²) >= 11 is 0. The van der Waals surface area contributed by atoms with Gasteiger partial charge in [0.15, 0.2) is 6.10 Å². The smallest absolute Gasteiger partial charge is 0.263 e. The van der Waals surface area contributed by atoms with Gasteiger partial charge >= 0.3 is 0 Å². The zero-order chi connectivity index (χ0) is 13.0. The number of rotatable bonds is 5. The molecule has 1 aliphatic rings. The maximum Gasteiger partial charge on any atom is 0.263 e. The molecule has 1 amide bonds. The Morgan fingerprint density at radius 1 is 1.50 bits per heavy atom. The summed E-state index contributed by atoms with van der Waals surface area (Å²) in [5.74, 6) is 0.910. The molecule has 0 radical (unpaired) electrons. The van der Waals surface area contributed by atoms with Crippen molar-refractivity contribution in [1.82, 2.24) is 4.90 Å². The molecule has 0 aliphatic carbocycles. The molecule has 18 heavy (non-hydrogen) atoms. The van der Waals surface area contributed by atoms with Crippen LogP contribution in [0.2, 0.25) is 0 Å². The zero-order valence-corrected chi connectivity index (χ0v) is 10.8. The van der Waals surface area contributed by atoms with Crippen molar-refractivity contribution in [3.8, 4) is 5.75 Å². The van der Waals surface area contributed by atoms with Crippen LogP contribution in [0.25, 0.3) is 0 Å². The minimum absolute atomic E-state index is 0.0714. The van der Waals surface area contributed by atoms with Crippen LogP contribution >= 0.6 is 0 Å². The molecule has 1 unspecified atom stereocenters. The number of fused-ring (bicyclic) bond motifs is 1. The summed E-state index contributed by atoms with van der Waals surface area (Å²) in [4.78, 5) is 14.1. The normalized spacial score (nSPS) is 17.1. The molecule has 0 aromatic heterocycles. The quantitative estimate of drug-likeness (QED) is 0.851. The van der Waals surface area contributed by atoms with Gasteiger partial charge in [0.2, 0.25) is 0 Å². The van der Waals surface area contributed by atoms with Gasteiger partial charge in [-0.1, -0.05) is 18.2 Å². The number of ether oxygens (including phenoxy) is 1. The predicted molar refractivity (Wildman–Crippen MR) is 70.5 cm³/mol. The molecule has 0 saturated heterocycles. The SMILES string of the molecule is CCN(CCCN)C(=O)C1Cc2ccccc2O1. The second-order valence-corrected chi connectivity index (χ2v) is 4.48. The van der Waals surface area contributed by atoms with Crippen molar-refractivity contribution in [3.05, 3.63) is 29.8 Å². The Morgan fingerprint density at radius 3 is 2.94 bits per heavy atom. The van der Waals surface area contributed by atoms with Crippen molar-refractivity contribution in [3.63, 3.8) is 0 Å². The van der Waals surface area contributed by atoms with Crippen LogP contribution in [0.5, 0.6) is 5.75 Å². The van der Waals surface area contributed by atoms with Crippen molar-refractivity contribution in [2.45, 2.75) is 25.9 Å². The summed E-state index contributed by atoms with van der Waals surface area (Å²) in [6.07, 6.45) is 1.15. The van der Waals surface area contributed by atoms with Gasteiger partial charge in [0.05, 0.1) is 0 Å². The Bertz CT molecular complexity index is 395. The third kappa shape index (κ3) is 2.64. The van der Waals surface area contributed by atoms with Gasteiger partial charge in [0, 0.05) is 19.5 Å². The Labute approximate surface area is 108 Å². The second kappa shape index (κ2) is 5.87. The van der Waals surface area contributed by atoms with Crippen molar-refractivity contribution >= 4 is 5.91 Å². The van der Waals surface area contributed by atoms with Gasteiger partial charge < -0.3 is 15.4 Å². The van der Waals surface area contributed by atoms with Crippen molar-refractivity contribution < 1.29 is 9.53 Å². The summed E-state index contributed by atoms with van der Waals surface area (Å²) < 4.78 is 5.71. The Balaban J connectivity index is 1.99. The Kier molecular flexibility index (Phi) is 4.20. The molecule has 0 saturated carbocycles. The summed E-state index contributed by atoms with van der Waals surface area (Å²) in [6.45, 7) is 4.00. The van der Waals surface area contributed by atoms with E-state index >= 15 is 0 Å². The molecule has 1 heterocycles. The van der Waals surface area contributed by atoms with E-state index in [-0.39, 0.29) is 12.0 Å². The highest BCUT2D eigenvalue weighted by Gasteiger charge is 2.31. The van der Waals surface area contributed by atoms with Gasteiger partial charge in [-0.25, -0.2) is 0 Å². The number of hydrogen-bond acceptors (Lipinski definition) is 3. The number of benzene rings is 1. The van der Waals surface area contributed by atoms with Crippen molar-refractivity contribution in [2.24, 2.45) is 5.73 Å². The fourth-order valence-corrected chi connectivity index (χ4v) is 2.23. The van der Waals surface area contributed by atoms with E-state index in [9.17, 15) is 4.79 Å². The fraction of sp³-hybridized carbons (Fsp3) is 0.500. The summed E-state index contributed by atoms with van der Waals surface area (Å²) in [5.41, 5.74) is 6.60. The second-order valence-electron chi connectivity index (χ2n) is 4.48. The Morgan fingerprint density at radius 2 is 2.28 bits per heavy atom. The van der Waals surface area contributed by atoms with Crippen molar-refractivity contribution in [1.29, 1.82) is 0 Å². The maximum atomic E-state index is 12.3. The first-order valence-corrected chi connectivity index (χ1v) is 6.49. The van der Waals surface area contributed by atoms with Gasteiger partial charge in [0.25, 0.3) is 5.91 Å². The van der Waals surface area contributed by atoms with E-state index in [4.69, 9.17) is 10.5 Å². The highest BCUT2D eigenvalue weighted by atomic mass is 16.5. The van der Waals surface area contributed by atoms with Gasteiger partial charge in [0.1, 0.15) is 5.75 Å². The molecular formula is C14H20N2O2. The molecule has 4 nitrogen and oxygen atoms in total. The molecule has 1 atom stereocenters. The molecular weight excluding hydrogens is 228 g/mol. The molecule has 1 aliphatic heterocycles. The minimum Gasteiger partial charge on any atom is -0.480 e. The van der Waals surface area contributed by atoms with E-state index in [1.807, 2.05) is 36.1 Å². The molecule has 1 aromatic rings. The minimum atomic E-state index is -0.361. The molecule has 98 valence electrons. The lowest BCUT2D eigenvalue weighted by Crippen LogP contribution is -2.42. The highest BCUT2D eigenvalue weighted by Crippen LogP contribution is 2.28. The number of carbonyl (C=O) groups is 1. The van der Waals surface area contributed by atoms with E-state index in [0.717, 1.165) is 17.7 Å². The fourth-order valence-electron chi connectivity index (χ4n) is 2.23. The number of nitrogens with two attached hydrogens (primary N) is 1. The lowest BCUT2D eigenvalue weighted by molar-refractivity contribution is -0.137. The van der Waals surface area contributed by atoms with Gasteiger partial charge in [-0.2, -0.15) is 0 Å². The number of carbonyl (C=O) groups excluding carboxylic acids is 1. The predicted octanol–water partition coefficient (Wildman–Crippen LogP) is 1.19. The van der Waals surface area contributed by atoms with Crippen LogP contribution in [0.3, 0.4) is 0 Å². The van der Waals surface area contributed by atoms with E-state index in [1.54, 1.807) is 0 Å². The van der Waals surface area contributed by atoms with Crippen LogP contribution in [0.1, 0.15) is 18.9 Å². The standard InChI is InChI=1S/C14H20N2O2/c1-2-16(9-5-8-15)14(17)13-10-11-6-3-4-7-12(11)18-13/h3-4,6-7,13H,2,5,8-10,15H2,1H3. The monoisotopic (exact) mass is 248 g/mol. The van der Waals surface area contributed by atoms with Crippen LogP contribution in [0, 0.1) is 0 Å². The number of likely N-dealkylation sites (N-methyl/N-ethyl adjacent to an activating group) is 1. The third-order valence-electron chi connectivity index (χ3n) is 3.25. The number of hydrogen-bond donors (Lipinski definition) is 1. The molecule has 4 heteroatoms. The third-order valence-corrected chi connectivity index (χ3v) is 3.25. The molecule has 1 aromatic carbocycles. The first-order valence-electron chi connectivity index (χ1n) is 6.49. The summed E-state index contributed by atoms with van der Waals surface area (Å²) in [7, 11) is 0. The van der Waals surface area contributed by atoms with Gasteiger partial charge in [-0.15, -0.1) is 0 Å². The van der Waals surface area contributed by atoms with E-state index in [0.29, 0.717) is 26.1 Å². The molecule has 0 fully saturated rings. The van der Waals surface area contributed by atoms with Crippen LogP contribution in [0.15, 0.2) is 24.3 Å². The first kappa shape index (κ1) is 12.9. The van der Waals surface area contributed by atoms with E-state index in [1.165, 1.54) is 0 Å². The lowest BCUT2D eigenvalue weighted by Gasteiger charge is -2.23. The summed E-state index contributed by atoms with van der Waals surface area (Å²) in [5, 5.41) is 0. The summed E-state index contributed by atoms with van der Waals surface area (Å²) in [6, 6.07) is 7.83.